The second-order valence-corrected chi connectivity index (χ2v) is 6.98. The van der Waals surface area contributed by atoms with Crippen molar-refractivity contribution in [3.8, 4) is 0 Å². The van der Waals surface area contributed by atoms with E-state index < -0.39 is 5.91 Å². The van der Waals surface area contributed by atoms with E-state index >= 15 is 0 Å². The second kappa shape index (κ2) is 8.30. The van der Waals surface area contributed by atoms with Crippen molar-refractivity contribution in [1.82, 2.24) is 10.8 Å². The first-order chi connectivity index (χ1) is 12.6. The Morgan fingerprint density at radius 1 is 1.19 bits per heavy atom. The normalized spacial score (nSPS) is 16.0. The Kier molecular flexibility index (Phi) is 5.86. The maximum absolute atomic E-state index is 11.1. The largest absolute Gasteiger partial charge is 0.310 e. The van der Waals surface area contributed by atoms with Crippen LogP contribution in [0.4, 0.5) is 0 Å². The van der Waals surface area contributed by atoms with E-state index in [1.54, 1.807) is 11.6 Å². The fourth-order valence-electron chi connectivity index (χ4n) is 3.51. The van der Waals surface area contributed by atoms with Crippen LogP contribution < -0.4 is 10.8 Å². The van der Waals surface area contributed by atoms with Crippen molar-refractivity contribution in [3.05, 3.63) is 75.9 Å². The van der Waals surface area contributed by atoms with E-state index in [2.05, 4.69) is 49.5 Å². The summed E-state index contributed by atoms with van der Waals surface area (Å²) in [4.78, 5) is 11.1. The van der Waals surface area contributed by atoms with E-state index in [1.807, 2.05) is 6.07 Å². The average Bonchev–Trinajstić information content (AvgIpc) is 3.05. The zero-order valence-electron chi connectivity index (χ0n) is 15.4. The van der Waals surface area contributed by atoms with Crippen LogP contribution in [0.1, 0.15) is 45.8 Å². The molecule has 0 aliphatic heterocycles. The number of hydrogen-bond acceptors (Lipinski definition) is 3. The Morgan fingerprint density at radius 2 is 2.04 bits per heavy atom. The van der Waals surface area contributed by atoms with Crippen molar-refractivity contribution in [2.75, 3.05) is 6.54 Å². The van der Waals surface area contributed by atoms with E-state index in [9.17, 15) is 4.79 Å². The van der Waals surface area contributed by atoms with Gasteiger partial charge >= 0.3 is 0 Å². The number of benzene rings is 2. The summed E-state index contributed by atoms with van der Waals surface area (Å²) >= 11 is 0. The van der Waals surface area contributed by atoms with Crippen molar-refractivity contribution >= 4 is 12.0 Å². The molecule has 2 aromatic rings. The van der Waals surface area contributed by atoms with E-state index in [4.69, 9.17) is 5.21 Å². The summed E-state index contributed by atoms with van der Waals surface area (Å²) in [5.41, 5.74) is 9.33. The molecular weight excluding hydrogens is 324 g/mol. The molecule has 1 amide bonds. The van der Waals surface area contributed by atoms with Crippen molar-refractivity contribution in [3.63, 3.8) is 0 Å². The van der Waals surface area contributed by atoms with Crippen LogP contribution >= 0.6 is 0 Å². The van der Waals surface area contributed by atoms with E-state index in [0.717, 1.165) is 31.4 Å². The van der Waals surface area contributed by atoms with Gasteiger partial charge in [-0.1, -0.05) is 36.4 Å². The number of hydroxylamine groups is 1. The highest BCUT2D eigenvalue weighted by Gasteiger charge is 2.21. The molecule has 4 nitrogen and oxygen atoms in total. The monoisotopic (exact) mass is 350 g/mol. The SMILES string of the molecule is Cc1ccc(CCNC2CCc3cc(C=CC(=O)NO)ccc32)cc1C. The highest BCUT2D eigenvalue weighted by Crippen LogP contribution is 2.32. The molecule has 26 heavy (non-hydrogen) atoms. The molecule has 0 heterocycles. The van der Waals surface area contributed by atoms with Gasteiger partial charge in [-0.2, -0.15) is 0 Å². The smallest absolute Gasteiger partial charge is 0.267 e. The molecule has 0 aromatic heterocycles. The summed E-state index contributed by atoms with van der Waals surface area (Å²) in [6, 6.07) is 13.4. The minimum atomic E-state index is -0.517. The molecule has 1 aliphatic rings. The average molecular weight is 350 g/mol. The van der Waals surface area contributed by atoms with Crippen molar-refractivity contribution in [2.24, 2.45) is 0 Å². The summed E-state index contributed by atoms with van der Waals surface area (Å²) < 4.78 is 0. The first-order valence-electron chi connectivity index (χ1n) is 9.11. The van der Waals surface area contributed by atoms with Gasteiger partial charge in [0.25, 0.3) is 5.91 Å². The van der Waals surface area contributed by atoms with E-state index in [0.29, 0.717) is 6.04 Å². The number of fused-ring (bicyclic) bond motifs is 1. The van der Waals surface area contributed by atoms with Crippen LogP contribution in [0.25, 0.3) is 6.08 Å². The van der Waals surface area contributed by atoms with Gasteiger partial charge < -0.3 is 5.32 Å². The first kappa shape index (κ1) is 18.4. The van der Waals surface area contributed by atoms with Gasteiger partial charge in [-0.05, 0) is 79.1 Å². The highest BCUT2D eigenvalue weighted by atomic mass is 16.5. The zero-order chi connectivity index (χ0) is 18.5. The molecule has 0 fully saturated rings. The maximum Gasteiger partial charge on any atom is 0.267 e. The number of hydrogen-bond donors (Lipinski definition) is 3. The maximum atomic E-state index is 11.1. The summed E-state index contributed by atoms with van der Waals surface area (Å²) in [6.07, 6.45) is 6.23. The van der Waals surface area contributed by atoms with Crippen LogP contribution in [0.3, 0.4) is 0 Å². The minimum absolute atomic E-state index is 0.398. The van der Waals surface area contributed by atoms with Crippen LogP contribution in [-0.2, 0) is 17.6 Å². The summed E-state index contributed by atoms with van der Waals surface area (Å²) in [7, 11) is 0. The Morgan fingerprint density at radius 3 is 2.81 bits per heavy atom. The third-order valence-electron chi connectivity index (χ3n) is 5.16. The summed E-state index contributed by atoms with van der Waals surface area (Å²) in [5, 5.41) is 12.2. The van der Waals surface area contributed by atoms with Gasteiger partial charge in [0.1, 0.15) is 0 Å². The molecule has 1 unspecified atom stereocenters. The number of carbonyl (C=O) groups excluding carboxylic acids is 1. The first-order valence-corrected chi connectivity index (χ1v) is 9.11. The van der Waals surface area contributed by atoms with Crippen LogP contribution in [0.5, 0.6) is 0 Å². The topological polar surface area (TPSA) is 61.4 Å². The van der Waals surface area contributed by atoms with Crippen LogP contribution in [0.15, 0.2) is 42.5 Å². The summed E-state index contributed by atoms with van der Waals surface area (Å²) in [6.45, 7) is 5.27. The molecule has 1 aliphatic carbocycles. The van der Waals surface area contributed by atoms with Crippen LogP contribution in [-0.4, -0.2) is 17.7 Å². The Hall–Kier alpha value is -2.43. The fraction of sp³-hybridized carbons (Fsp3) is 0.318. The van der Waals surface area contributed by atoms with E-state index in [-0.39, 0.29) is 0 Å². The predicted octanol–water partition coefficient (Wildman–Crippen LogP) is 3.64. The lowest BCUT2D eigenvalue weighted by Gasteiger charge is -2.14. The lowest BCUT2D eigenvalue weighted by molar-refractivity contribution is -0.124. The third-order valence-corrected chi connectivity index (χ3v) is 5.16. The second-order valence-electron chi connectivity index (χ2n) is 6.98. The van der Waals surface area contributed by atoms with E-state index in [1.165, 1.54) is 33.9 Å². The molecule has 136 valence electrons. The molecule has 0 saturated heterocycles. The molecule has 2 aromatic carbocycles. The molecule has 0 bridgehead atoms. The van der Waals surface area contributed by atoms with Gasteiger partial charge in [-0.3, -0.25) is 10.0 Å². The van der Waals surface area contributed by atoms with Crippen LogP contribution in [0.2, 0.25) is 0 Å². The van der Waals surface area contributed by atoms with Crippen molar-refractivity contribution in [2.45, 2.75) is 39.2 Å². The lowest BCUT2D eigenvalue weighted by atomic mass is 10.0. The van der Waals surface area contributed by atoms with Gasteiger partial charge in [0, 0.05) is 12.1 Å². The standard InChI is InChI=1S/C22H26N2O2/c1-15-3-4-18(13-16(15)2)11-12-23-21-9-7-19-14-17(5-8-20(19)21)6-10-22(25)24-26/h3-6,8,10,13-14,21,23,26H,7,9,11-12H2,1-2H3,(H,24,25). The molecule has 0 radical (unpaired) electrons. The highest BCUT2D eigenvalue weighted by molar-refractivity contribution is 5.90. The number of rotatable bonds is 6. The quantitative estimate of drug-likeness (QED) is 0.423. The van der Waals surface area contributed by atoms with Gasteiger partial charge in [0.15, 0.2) is 0 Å². The molecular formula is C22H26N2O2. The lowest BCUT2D eigenvalue weighted by Crippen LogP contribution is -2.21. The number of aryl methyl sites for hydroxylation is 3. The molecule has 3 rings (SSSR count). The van der Waals surface area contributed by atoms with Crippen molar-refractivity contribution < 1.29 is 10.0 Å². The number of nitrogens with one attached hydrogen (secondary N) is 2. The summed E-state index contributed by atoms with van der Waals surface area (Å²) in [5.74, 6) is -0.517. The predicted molar refractivity (Wildman–Crippen MR) is 104 cm³/mol. The molecule has 0 spiro atoms. The van der Waals surface area contributed by atoms with Gasteiger partial charge in [0.2, 0.25) is 0 Å². The minimum Gasteiger partial charge on any atom is -0.310 e. The number of carbonyl (C=O) groups is 1. The molecule has 0 saturated carbocycles. The van der Waals surface area contributed by atoms with Crippen LogP contribution in [0, 0.1) is 13.8 Å². The Bertz CT molecular complexity index is 827. The number of amides is 1. The van der Waals surface area contributed by atoms with Gasteiger partial charge in [-0.25, -0.2) is 5.48 Å². The van der Waals surface area contributed by atoms with Gasteiger partial charge in [0.05, 0.1) is 0 Å². The fourth-order valence-corrected chi connectivity index (χ4v) is 3.51. The Balaban J connectivity index is 1.58. The third kappa shape index (κ3) is 4.40. The molecule has 4 heteroatoms. The molecule has 3 N–H and O–H groups in total. The van der Waals surface area contributed by atoms with Gasteiger partial charge in [-0.15, -0.1) is 0 Å². The molecule has 1 atom stereocenters. The zero-order valence-corrected chi connectivity index (χ0v) is 15.4. The Labute approximate surface area is 154 Å². The van der Waals surface area contributed by atoms with Crippen molar-refractivity contribution in [1.29, 1.82) is 0 Å².